The number of hydrogen-bond donors (Lipinski definition) is 1. The molecule has 0 spiro atoms. The third kappa shape index (κ3) is 3.46. The van der Waals surface area contributed by atoms with Crippen molar-refractivity contribution in [2.45, 2.75) is 18.4 Å². The Morgan fingerprint density at radius 3 is 2.29 bits per heavy atom. The Morgan fingerprint density at radius 1 is 1.29 bits per heavy atom. The van der Waals surface area contributed by atoms with E-state index < -0.39 is 10.0 Å². The zero-order chi connectivity index (χ0) is 15.8. The average molecular weight is 351 g/mol. The number of nitrogens with two attached hydrogens (primary N) is 1. The quantitative estimate of drug-likeness (QED) is 0.903. The summed E-state index contributed by atoms with van der Waals surface area (Å²) in [7, 11) is -2.09. The van der Waals surface area contributed by atoms with Gasteiger partial charge in [0.25, 0.3) is 0 Å². The molecule has 1 aromatic heterocycles. The number of aryl methyl sites for hydroxylation is 1. The maximum Gasteiger partial charge on any atom is 0.238 e. The summed E-state index contributed by atoms with van der Waals surface area (Å²) in [5.41, 5.74) is 0. The van der Waals surface area contributed by atoms with E-state index in [1.54, 1.807) is 18.5 Å². The number of rotatable bonds is 4. The van der Waals surface area contributed by atoms with Crippen LogP contribution >= 0.6 is 23.2 Å². The maximum atomic E-state index is 11.3. The van der Waals surface area contributed by atoms with Crippen LogP contribution in [0, 0.1) is 6.92 Å². The smallest absolute Gasteiger partial charge is 0.238 e. The number of primary sulfonamides is 1. The summed E-state index contributed by atoms with van der Waals surface area (Å²) < 4.78 is 29.8. The van der Waals surface area contributed by atoms with Gasteiger partial charge in [0, 0.05) is 7.05 Å². The molecule has 1 heterocycles. The minimum atomic E-state index is -3.89. The summed E-state index contributed by atoms with van der Waals surface area (Å²) in [5.74, 6) is 1.47. The summed E-state index contributed by atoms with van der Waals surface area (Å²) in [6.07, 6.45) is 0. The van der Waals surface area contributed by atoms with Gasteiger partial charge in [-0.1, -0.05) is 23.2 Å². The minimum absolute atomic E-state index is 0.0467. The lowest BCUT2D eigenvalue weighted by Crippen LogP contribution is -2.12. The molecule has 0 radical (unpaired) electrons. The van der Waals surface area contributed by atoms with Crippen molar-refractivity contribution < 1.29 is 13.2 Å². The monoisotopic (exact) mass is 350 g/mol. The fourth-order valence-electron chi connectivity index (χ4n) is 1.55. The van der Waals surface area contributed by atoms with Crippen molar-refractivity contribution in [1.82, 2.24) is 14.8 Å². The molecule has 21 heavy (non-hydrogen) atoms. The molecule has 0 fully saturated rings. The third-order valence-electron chi connectivity index (χ3n) is 2.83. The van der Waals surface area contributed by atoms with Crippen LogP contribution in [0.15, 0.2) is 17.0 Å². The van der Waals surface area contributed by atoms with Crippen molar-refractivity contribution in [3.05, 3.63) is 33.8 Å². The lowest BCUT2D eigenvalue weighted by molar-refractivity contribution is 0.291. The van der Waals surface area contributed by atoms with E-state index in [-0.39, 0.29) is 27.3 Å². The normalized spacial score (nSPS) is 11.7. The molecule has 0 aliphatic heterocycles. The molecule has 0 unspecified atom stereocenters. The van der Waals surface area contributed by atoms with E-state index in [4.69, 9.17) is 33.1 Å². The second-order valence-electron chi connectivity index (χ2n) is 4.27. The summed E-state index contributed by atoms with van der Waals surface area (Å²) in [6.45, 7) is 1.89. The van der Waals surface area contributed by atoms with E-state index in [1.165, 1.54) is 12.1 Å². The Bertz CT molecular complexity index is 766. The first kappa shape index (κ1) is 16.0. The second kappa shape index (κ2) is 5.80. The molecule has 2 N–H and O–H groups in total. The Hall–Kier alpha value is -1.35. The summed E-state index contributed by atoms with van der Waals surface area (Å²) in [6, 6.07) is 2.36. The van der Waals surface area contributed by atoms with E-state index >= 15 is 0 Å². The lowest BCUT2D eigenvalue weighted by Gasteiger charge is -2.11. The Labute approximate surface area is 131 Å². The molecule has 0 saturated heterocycles. The Balaban J connectivity index is 2.27. The highest BCUT2D eigenvalue weighted by Gasteiger charge is 2.16. The van der Waals surface area contributed by atoms with Gasteiger partial charge in [0.2, 0.25) is 10.0 Å². The molecule has 10 heteroatoms. The van der Waals surface area contributed by atoms with Crippen LogP contribution in [0.2, 0.25) is 10.0 Å². The molecule has 1 aromatic carbocycles. The fourth-order valence-corrected chi connectivity index (χ4v) is 2.84. The predicted octanol–water partition coefficient (Wildman–Crippen LogP) is 1.66. The van der Waals surface area contributed by atoms with Gasteiger partial charge in [-0.3, -0.25) is 0 Å². The van der Waals surface area contributed by atoms with Gasteiger partial charge in [0.1, 0.15) is 12.4 Å². The third-order valence-corrected chi connectivity index (χ3v) is 4.28. The number of hydrogen-bond acceptors (Lipinski definition) is 5. The number of benzene rings is 1. The van der Waals surface area contributed by atoms with Gasteiger partial charge < -0.3 is 9.30 Å². The molecule has 0 atom stereocenters. The van der Waals surface area contributed by atoms with Gasteiger partial charge in [-0.05, 0) is 19.1 Å². The van der Waals surface area contributed by atoms with Crippen LogP contribution in [0.1, 0.15) is 11.6 Å². The van der Waals surface area contributed by atoms with Crippen LogP contribution in [0.4, 0.5) is 0 Å². The number of nitrogens with zero attached hydrogens (tertiary/aromatic N) is 3. The molecule has 0 bridgehead atoms. The van der Waals surface area contributed by atoms with Crippen molar-refractivity contribution in [2.75, 3.05) is 0 Å². The molecule has 2 aromatic rings. The molecule has 0 aliphatic carbocycles. The molecular weight excluding hydrogens is 339 g/mol. The van der Waals surface area contributed by atoms with Crippen LogP contribution in [0.25, 0.3) is 0 Å². The van der Waals surface area contributed by atoms with Crippen molar-refractivity contribution in [2.24, 2.45) is 12.2 Å². The molecular formula is C11H12Cl2N4O3S. The van der Waals surface area contributed by atoms with Crippen molar-refractivity contribution in [3.63, 3.8) is 0 Å². The largest absolute Gasteiger partial charge is 0.482 e. The summed E-state index contributed by atoms with van der Waals surface area (Å²) in [5, 5.41) is 12.9. The number of halogens is 2. The van der Waals surface area contributed by atoms with Crippen molar-refractivity contribution in [1.29, 1.82) is 0 Å². The van der Waals surface area contributed by atoms with E-state index in [2.05, 4.69) is 10.2 Å². The zero-order valence-corrected chi connectivity index (χ0v) is 13.5. The molecule has 7 nitrogen and oxygen atoms in total. The fraction of sp³-hybridized carbons (Fsp3) is 0.273. The predicted molar refractivity (Wildman–Crippen MR) is 77.9 cm³/mol. The van der Waals surface area contributed by atoms with Crippen LogP contribution in [-0.2, 0) is 23.7 Å². The topological polar surface area (TPSA) is 100 Å². The van der Waals surface area contributed by atoms with Crippen LogP contribution in [-0.4, -0.2) is 23.2 Å². The average Bonchev–Trinajstić information content (AvgIpc) is 2.68. The second-order valence-corrected chi connectivity index (χ2v) is 6.65. The molecule has 0 saturated carbocycles. The first-order chi connectivity index (χ1) is 9.70. The summed E-state index contributed by atoms with van der Waals surface area (Å²) >= 11 is 12.0. The molecule has 2 rings (SSSR count). The highest BCUT2D eigenvalue weighted by Crippen LogP contribution is 2.35. The Kier molecular flexibility index (Phi) is 4.43. The number of ether oxygens (including phenoxy) is 1. The van der Waals surface area contributed by atoms with E-state index in [1.807, 2.05) is 0 Å². The van der Waals surface area contributed by atoms with Gasteiger partial charge in [-0.25, -0.2) is 13.6 Å². The first-order valence-corrected chi connectivity index (χ1v) is 8.00. The van der Waals surface area contributed by atoms with E-state index in [9.17, 15) is 8.42 Å². The molecule has 0 aliphatic rings. The highest BCUT2D eigenvalue weighted by molar-refractivity contribution is 7.89. The van der Waals surface area contributed by atoms with E-state index in [0.29, 0.717) is 5.82 Å². The van der Waals surface area contributed by atoms with Gasteiger partial charge >= 0.3 is 0 Å². The minimum Gasteiger partial charge on any atom is -0.482 e. The number of aromatic nitrogens is 3. The van der Waals surface area contributed by atoms with Gasteiger partial charge in [0.05, 0.1) is 14.9 Å². The zero-order valence-electron chi connectivity index (χ0n) is 11.2. The van der Waals surface area contributed by atoms with Crippen molar-refractivity contribution in [3.8, 4) is 5.75 Å². The van der Waals surface area contributed by atoms with Gasteiger partial charge in [-0.2, -0.15) is 0 Å². The first-order valence-electron chi connectivity index (χ1n) is 5.69. The van der Waals surface area contributed by atoms with Gasteiger partial charge in [0.15, 0.2) is 11.6 Å². The SMILES string of the molecule is Cc1nnc(COc2c(Cl)cc(S(N)(=O)=O)cc2Cl)n1C. The maximum absolute atomic E-state index is 11.3. The summed E-state index contributed by atoms with van der Waals surface area (Å²) in [4.78, 5) is -0.181. The van der Waals surface area contributed by atoms with Gasteiger partial charge in [-0.15, -0.1) is 10.2 Å². The lowest BCUT2D eigenvalue weighted by atomic mass is 10.3. The Morgan fingerprint density at radius 2 is 1.86 bits per heavy atom. The van der Waals surface area contributed by atoms with Crippen LogP contribution in [0.5, 0.6) is 5.75 Å². The standard InChI is InChI=1S/C11H12Cl2N4O3S/c1-6-15-16-10(17(6)2)5-20-11-8(12)3-7(4-9(11)13)21(14,18)19/h3-4H,5H2,1-2H3,(H2,14,18,19). The number of sulfonamides is 1. The van der Waals surface area contributed by atoms with Crippen LogP contribution < -0.4 is 9.88 Å². The van der Waals surface area contributed by atoms with Crippen LogP contribution in [0.3, 0.4) is 0 Å². The highest BCUT2D eigenvalue weighted by atomic mass is 35.5. The van der Waals surface area contributed by atoms with Crippen molar-refractivity contribution >= 4 is 33.2 Å². The molecule has 114 valence electrons. The van der Waals surface area contributed by atoms with E-state index in [0.717, 1.165) is 5.82 Å². The molecule has 0 amide bonds.